The van der Waals surface area contributed by atoms with Crippen molar-refractivity contribution >= 4 is 0 Å². The van der Waals surface area contributed by atoms with Crippen molar-refractivity contribution in [1.82, 2.24) is 5.01 Å². The Kier molecular flexibility index (Phi) is 4.54. The van der Waals surface area contributed by atoms with E-state index < -0.39 is 0 Å². The molecule has 0 amide bonds. The molecule has 0 spiro atoms. The Morgan fingerprint density at radius 1 is 1.60 bits per heavy atom. The lowest BCUT2D eigenvalue weighted by Crippen LogP contribution is -2.15. The summed E-state index contributed by atoms with van der Waals surface area (Å²) < 4.78 is 0. The Balaban J connectivity index is 3.71. The van der Waals surface area contributed by atoms with Gasteiger partial charge < -0.3 is 0 Å². The van der Waals surface area contributed by atoms with Gasteiger partial charge in [-0.05, 0) is 5.92 Å². The maximum Gasteiger partial charge on any atom is 0.0509 e. The quantitative estimate of drug-likeness (QED) is 0.435. The fourth-order valence-electron chi connectivity index (χ4n) is 0.637. The van der Waals surface area contributed by atoms with Crippen molar-refractivity contribution in [2.75, 3.05) is 13.6 Å². The van der Waals surface area contributed by atoms with Crippen LogP contribution in [0.5, 0.6) is 0 Å². The summed E-state index contributed by atoms with van der Waals surface area (Å²) in [5, 5.41) is 9.19. The van der Waals surface area contributed by atoms with E-state index in [2.05, 4.69) is 30.8 Å². The molecule has 0 saturated carbocycles. The molecule has 0 unspecified atom stereocenters. The van der Waals surface area contributed by atoms with E-state index in [0.29, 0.717) is 5.92 Å². The van der Waals surface area contributed by atoms with Gasteiger partial charge in [0, 0.05) is 12.7 Å². The van der Waals surface area contributed by atoms with Gasteiger partial charge in [0.2, 0.25) is 0 Å². The van der Waals surface area contributed by atoms with Gasteiger partial charge in [0.15, 0.2) is 0 Å². The van der Waals surface area contributed by atoms with Gasteiger partial charge in [-0.1, -0.05) is 25.6 Å². The van der Waals surface area contributed by atoms with Crippen LogP contribution >= 0.6 is 0 Å². The van der Waals surface area contributed by atoms with Crippen LogP contribution in [-0.2, 0) is 0 Å². The first-order chi connectivity index (χ1) is 4.70. The van der Waals surface area contributed by atoms with Crippen molar-refractivity contribution in [3.05, 3.63) is 12.8 Å². The molecule has 0 aliphatic rings. The minimum atomic E-state index is 0.587. The second-order valence-corrected chi connectivity index (χ2v) is 2.49. The van der Waals surface area contributed by atoms with Gasteiger partial charge in [0.25, 0.3) is 0 Å². The van der Waals surface area contributed by atoms with Gasteiger partial charge in [-0.2, -0.15) is 5.11 Å². The Morgan fingerprint density at radius 2 is 2.20 bits per heavy atom. The van der Waals surface area contributed by atoms with Crippen LogP contribution in [0.1, 0.15) is 13.8 Å². The highest BCUT2D eigenvalue weighted by molar-refractivity contribution is 4.66. The summed E-state index contributed by atoms with van der Waals surface area (Å²) in [7, 11) is 1.65. The molecular formula is C7H15N3. The lowest BCUT2D eigenvalue weighted by molar-refractivity contribution is 0.326. The topological polar surface area (TPSA) is 28.0 Å². The average molecular weight is 141 g/mol. The van der Waals surface area contributed by atoms with E-state index in [9.17, 15) is 0 Å². The van der Waals surface area contributed by atoms with E-state index in [1.54, 1.807) is 18.3 Å². The fourth-order valence-corrected chi connectivity index (χ4v) is 0.637. The Bertz CT molecular complexity index is 118. The van der Waals surface area contributed by atoms with Crippen molar-refractivity contribution in [2.45, 2.75) is 13.8 Å². The summed E-state index contributed by atoms with van der Waals surface area (Å²) in [5.41, 5.74) is 0. The van der Waals surface area contributed by atoms with Gasteiger partial charge >= 0.3 is 0 Å². The van der Waals surface area contributed by atoms with E-state index in [-0.39, 0.29) is 0 Å². The molecule has 3 nitrogen and oxygen atoms in total. The minimum Gasteiger partial charge on any atom is -0.255 e. The summed E-state index contributed by atoms with van der Waals surface area (Å²) in [4.78, 5) is 0. The summed E-state index contributed by atoms with van der Waals surface area (Å²) >= 11 is 0. The molecule has 0 aliphatic carbocycles. The largest absolute Gasteiger partial charge is 0.255 e. The van der Waals surface area contributed by atoms with Crippen LogP contribution in [0.15, 0.2) is 23.1 Å². The molecule has 0 aliphatic heterocycles. The fraction of sp³-hybridized carbons (Fsp3) is 0.714. The van der Waals surface area contributed by atoms with Gasteiger partial charge in [0.1, 0.15) is 0 Å². The second kappa shape index (κ2) is 4.97. The molecule has 0 rings (SSSR count). The maximum atomic E-state index is 3.82. The first kappa shape index (κ1) is 9.14. The molecule has 0 saturated heterocycles. The lowest BCUT2D eigenvalue weighted by atomic mass is 10.2. The van der Waals surface area contributed by atoms with Crippen molar-refractivity contribution in [3.63, 3.8) is 0 Å². The van der Waals surface area contributed by atoms with Crippen molar-refractivity contribution < 1.29 is 0 Å². The van der Waals surface area contributed by atoms with Gasteiger partial charge in [0.05, 0.1) is 7.05 Å². The molecule has 0 fully saturated rings. The summed E-state index contributed by atoms with van der Waals surface area (Å²) in [6, 6.07) is 0. The highest BCUT2D eigenvalue weighted by Gasteiger charge is 1.98. The summed E-state index contributed by atoms with van der Waals surface area (Å²) in [6.07, 6.45) is 1.67. The smallest absolute Gasteiger partial charge is 0.0509 e. The van der Waals surface area contributed by atoms with Crippen LogP contribution in [-0.4, -0.2) is 18.6 Å². The van der Waals surface area contributed by atoms with E-state index in [4.69, 9.17) is 0 Å². The third-order valence-electron chi connectivity index (χ3n) is 0.967. The van der Waals surface area contributed by atoms with Crippen LogP contribution < -0.4 is 0 Å². The minimum absolute atomic E-state index is 0.587. The lowest BCUT2D eigenvalue weighted by Gasteiger charge is -2.13. The van der Waals surface area contributed by atoms with Crippen LogP contribution in [0.25, 0.3) is 0 Å². The number of rotatable bonds is 4. The van der Waals surface area contributed by atoms with Crippen molar-refractivity contribution in [1.29, 1.82) is 0 Å². The van der Waals surface area contributed by atoms with Crippen LogP contribution in [0, 0.1) is 5.92 Å². The van der Waals surface area contributed by atoms with Crippen LogP contribution in [0.2, 0.25) is 0 Å². The molecule has 3 heteroatoms. The zero-order valence-corrected chi connectivity index (χ0v) is 6.91. The normalized spacial score (nSPS) is 10.8. The van der Waals surface area contributed by atoms with E-state index >= 15 is 0 Å². The molecule has 0 aromatic heterocycles. The average Bonchev–Trinajstić information content (AvgIpc) is 1.86. The van der Waals surface area contributed by atoms with Crippen molar-refractivity contribution in [3.8, 4) is 0 Å². The summed E-state index contributed by atoms with van der Waals surface area (Å²) in [5.74, 6) is 0.587. The second-order valence-electron chi connectivity index (χ2n) is 2.49. The third-order valence-corrected chi connectivity index (χ3v) is 0.967. The van der Waals surface area contributed by atoms with Crippen molar-refractivity contribution in [2.24, 2.45) is 16.3 Å². The van der Waals surface area contributed by atoms with Gasteiger partial charge in [-0.3, -0.25) is 5.01 Å². The predicted molar refractivity (Wildman–Crippen MR) is 42.5 cm³/mol. The first-order valence-electron chi connectivity index (χ1n) is 3.39. The molecule has 0 heterocycles. The molecule has 0 atom stereocenters. The zero-order valence-electron chi connectivity index (χ0n) is 6.91. The molecule has 0 N–H and O–H groups in total. The molecule has 58 valence electrons. The molecule has 10 heavy (non-hydrogen) atoms. The SMILES string of the molecule is C=CN(CC(C)C)N=NC. The molecular weight excluding hydrogens is 126 g/mol. The van der Waals surface area contributed by atoms with Crippen LogP contribution in [0.4, 0.5) is 0 Å². The monoisotopic (exact) mass is 141 g/mol. The molecule has 0 bridgehead atoms. The van der Waals surface area contributed by atoms with Crippen LogP contribution in [0.3, 0.4) is 0 Å². The Hall–Kier alpha value is -0.860. The number of hydrogen-bond acceptors (Lipinski definition) is 2. The molecule has 0 aromatic rings. The number of hydrogen-bond donors (Lipinski definition) is 0. The highest BCUT2D eigenvalue weighted by Crippen LogP contribution is 1.98. The van der Waals surface area contributed by atoms with E-state index in [0.717, 1.165) is 6.54 Å². The number of nitrogens with zero attached hydrogens (tertiary/aromatic N) is 3. The van der Waals surface area contributed by atoms with Gasteiger partial charge in [-0.25, -0.2) is 0 Å². The maximum absolute atomic E-state index is 3.82. The summed E-state index contributed by atoms with van der Waals surface area (Å²) in [6.45, 7) is 8.73. The standard InChI is InChI=1S/C7H15N3/c1-5-10(9-8-4)6-7(2)3/h5,7H,1,6H2,2-4H3. The Labute approximate surface area is 62.4 Å². The van der Waals surface area contributed by atoms with E-state index in [1.807, 2.05) is 0 Å². The first-order valence-corrected chi connectivity index (χ1v) is 3.39. The van der Waals surface area contributed by atoms with E-state index in [1.165, 1.54) is 0 Å². The molecule has 0 aromatic carbocycles. The zero-order chi connectivity index (χ0) is 7.98. The molecule has 0 radical (unpaired) electrons. The highest BCUT2D eigenvalue weighted by atomic mass is 15.5. The third kappa shape index (κ3) is 4.06. The predicted octanol–water partition coefficient (Wildman–Crippen LogP) is 2.08. The van der Waals surface area contributed by atoms with Gasteiger partial charge in [-0.15, -0.1) is 0 Å². The Morgan fingerprint density at radius 3 is 2.50 bits per heavy atom.